The first kappa shape index (κ1) is 20.9. The second-order valence-electron chi connectivity index (χ2n) is 9.00. The smallest absolute Gasteiger partial charge is 0.341 e. The molecule has 11 heteroatoms. The Morgan fingerprint density at radius 2 is 1.94 bits per heavy atom. The Kier molecular flexibility index (Phi) is 4.43. The molecule has 5 N–H and O–H groups in total. The van der Waals surface area contributed by atoms with E-state index in [9.17, 15) is 23.5 Å². The summed E-state index contributed by atoms with van der Waals surface area (Å²) >= 11 is 0. The number of hydrogen-bond acceptors (Lipinski definition) is 6. The maximum absolute atomic E-state index is 15.6. The van der Waals surface area contributed by atoms with Gasteiger partial charge in [0.25, 0.3) is 0 Å². The van der Waals surface area contributed by atoms with Crippen molar-refractivity contribution in [1.82, 2.24) is 4.57 Å². The van der Waals surface area contributed by atoms with Crippen molar-refractivity contribution in [2.24, 2.45) is 11.7 Å². The molecule has 172 valence electrons. The lowest BCUT2D eigenvalue weighted by Gasteiger charge is -2.26. The van der Waals surface area contributed by atoms with Gasteiger partial charge in [0.15, 0.2) is 11.6 Å². The van der Waals surface area contributed by atoms with Crippen molar-refractivity contribution < 1.29 is 27.8 Å². The molecule has 3 fully saturated rings. The zero-order valence-electron chi connectivity index (χ0n) is 17.3. The molecule has 0 bridgehead atoms. The first-order chi connectivity index (χ1) is 15.1. The number of alkyl halides is 2. The Bertz CT molecular complexity index is 1210. The van der Waals surface area contributed by atoms with E-state index in [-0.39, 0.29) is 36.5 Å². The number of carboxylic acids is 1. The summed E-state index contributed by atoms with van der Waals surface area (Å²) in [7, 11) is 1.25. The number of benzene rings is 1. The van der Waals surface area contributed by atoms with Crippen LogP contribution in [0.5, 0.6) is 5.75 Å². The van der Waals surface area contributed by atoms with Gasteiger partial charge in [-0.2, -0.15) is 0 Å². The van der Waals surface area contributed by atoms with Gasteiger partial charge in [-0.1, -0.05) is 0 Å². The molecule has 0 spiro atoms. The normalized spacial score (nSPS) is 28.2. The van der Waals surface area contributed by atoms with Crippen LogP contribution in [0.2, 0.25) is 0 Å². The molecule has 2 heterocycles. The molecule has 2 aromatic rings. The summed E-state index contributed by atoms with van der Waals surface area (Å²) in [6, 6.07) is -0.748. The van der Waals surface area contributed by atoms with Gasteiger partial charge in [0.2, 0.25) is 5.43 Å². The van der Waals surface area contributed by atoms with Crippen LogP contribution in [0.4, 0.5) is 24.5 Å². The van der Waals surface area contributed by atoms with Gasteiger partial charge in [-0.25, -0.2) is 18.0 Å². The SMILES string of the molecule is COc1c(N2CC(F)C(C3(N)CC3)C2)c(F)c(N)c2c(=O)c(C(=O)O)cn(C3CC3F)c12. The fourth-order valence-corrected chi connectivity index (χ4v) is 4.90. The fraction of sp³-hybridized carbons (Fsp3) is 0.524. The highest BCUT2D eigenvalue weighted by Crippen LogP contribution is 2.50. The Labute approximate surface area is 180 Å². The number of nitrogens with two attached hydrogens (primary N) is 2. The van der Waals surface area contributed by atoms with E-state index in [0.29, 0.717) is 12.8 Å². The van der Waals surface area contributed by atoms with Crippen molar-refractivity contribution in [2.45, 2.75) is 43.2 Å². The third-order valence-corrected chi connectivity index (χ3v) is 6.98. The molecule has 1 saturated heterocycles. The predicted molar refractivity (Wildman–Crippen MR) is 111 cm³/mol. The van der Waals surface area contributed by atoms with Crippen LogP contribution < -0.4 is 26.5 Å². The number of pyridine rings is 1. The molecule has 1 aliphatic heterocycles. The minimum absolute atomic E-state index is 0.00529. The minimum Gasteiger partial charge on any atom is -0.492 e. The van der Waals surface area contributed by atoms with Crippen LogP contribution in [-0.4, -0.2) is 53.7 Å². The Morgan fingerprint density at radius 3 is 2.47 bits per heavy atom. The van der Waals surface area contributed by atoms with Crippen molar-refractivity contribution >= 4 is 28.2 Å². The molecule has 2 saturated carbocycles. The van der Waals surface area contributed by atoms with Crippen molar-refractivity contribution in [3.05, 3.63) is 27.8 Å². The molecule has 5 rings (SSSR count). The van der Waals surface area contributed by atoms with Crippen molar-refractivity contribution in [1.29, 1.82) is 0 Å². The van der Waals surface area contributed by atoms with Gasteiger partial charge < -0.3 is 30.8 Å². The van der Waals surface area contributed by atoms with Crippen molar-refractivity contribution in [2.75, 3.05) is 30.8 Å². The Morgan fingerprint density at radius 1 is 1.28 bits per heavy atom. The van der Waals surface area contributed by atoms with Crippen LogP contribution in [-0.2, 0) is 0 Å². The molecule has 2 aliphatic carbocycles. The lowest BCUT2D eigenvalue weighted by molar-refractivity contribution is 0.0694. The average Bonchev–Trinajstić information content (AvgIpc) is 3.62. The van der Waals surface area contributed by atoms with Crippen molar-refractivity contribution in [3.8, 4) is 5.75 Å². The van der Waals surface area contributed by atoms with Crippen LogP contribution in [0.15, 0.2) is 11.0 Å². The molecular formula is C21H23F3N4O4. The van der Waals surface area contributed by atoms with Gasteiger partial charge in [-0.3, -0.25) is 4.79 Å². The van der Waals surface area contributed by atoms with Crippen LogP contribution in [0.25, 0.3) is 10.9 Å². The molecule has 0 amide bonds. The molecule has 32 heavy (non-hydrogen) atoms. The van der Waals surface area contributed by atoms with E-state index in [1.54, 1.807) is 0 Å². The number of carboxylic acid groups (broad SMARTS) is 1. The van der Waals surface area contributed by atoms with E-state index in [0.717, 1.165) is 6.20 Å². The summed E-state index contributed by atoms with van der Waals surface area (Å²) in [6.45, 7) is -0.0169. The molecule has 4 unspecified atom stereocenters. The van der Waals surface area contributed by atoms with Crippen LogP contribution >= 0.6 is 0 Å². The predicted octanol–water partition coefficient (Wildman–Crippen LogP) is 1.98. The number of rotatable bonds is 5. The minimum atomic E-state index is -1.54. The monoisotopic (exact) mass is 452 g/mol. The molecule has 4 atom stereocenters. The van der Waals surface area contributed by atoms with Gasteiger partial charge in [0.05, 0.1) is 29.7 Å². The number of aromatic nitrogens is 1. The lowest BCUT2D eigenvalue weighted by atomic mass is 9.96. The summed E-state index contributed by atoms with van der Waals surface area (Å²) in [5.74, 6) is -3.17. The number of aromatic carboxylic acids is 1. The largest absolute Gasteiger partial charge is 0.492 e. The molecular weight excluding hydrogens is 429 g/mol. The lowest BCUT2D eigenvalue weighted by Crippen LogP contribution is -2.38. The van der Waals surface area contributed by atoms with Gasteiger partial charge in [-0.05, 0) is 12.8 Å². The average molecular weight is 452 g/mol. The summed E-state index contributed by atoms with van der Waals surface area (Å²) in [5.41, 5.74) is 9.19. The highest BCUT2D eigenvalue weighted by atomic mass is 19.1. The molecule has 1 aromatic heterocycles. The van der Waals surface area contributed by atoms with E-state index < -0.39 is 63.7 Å². The highest BCUT2D eigenvalue weighted by molar-refractivity contribution is 6.03. The number of nitrogen functional groups attached to an aromatic ring is 1. The number of methoxy groups -OCH3 is 1. The number of nitrogens with zero attached hydrogens (tertiary/aromatic N) is 2. The number of anilines is 2. The van der Waals surface area contributed by atoms with Crippen LogP contribution in [0.1, 0.15) is 35.7 Å². The van der Waals surface area contributed by atoms with E-state index in [4.69, 9.17) is 16.2 Å². The summed E-state index contributed by atoms with van der Waals surface area (Å²) in [6.07, 6.45) is -0.0600. The zero-order valence-corrected chi connectivity index (χ0v) is 17.3. The number of halogens is 3. The maximum atomic E-state index is 15.6. The third kappa shape index (κ3) is 2.86. The number of hydrogen-bond donors (Lipinski definition) is 3. The number of carbonyl (C=O) groups is 1. The second kappa shape index (κ2) is 6.77. The van der Waals surface area contributed by atoms with E-state index in [1.165, 1.54) is 16.6 Å². The Balaban J connectivity index is 1.77. The maximum Gasteiger partial charge on any atom is 0.341 e. The fourth-order valence-electron chi connectivity index (χ4n) is 4.90. The molecule has 8 nitrogen and oxygen atoms in total. The zero-order chi connectivity index (χ0) is 23.1. The number of ether oxygens (including phenoxy) is 1. The van der Waals surface area contributed by atoms with Gasteiger partial charge in [0.1, 0.15) is 23.6 Å². The van der Waals surface area contributed by atoms with Crippen LogP contribution in [0, 0.1) is 11.7 Å². The topological polar surface area (TPSA) is 124 Å². The van der Waals surface area contributed by atoms with E-state index in [1.807, 2.05) is 0 Å². The van der Waals surface area contributed by atoms with Gasteiger partial charge in [0, 0.05) is 37.2 Å². The molecule has 1 aromatic carbocycles. The van der Waals surface area contributed by atoms with Gasteiger partial charge >= 0.3 is 5.97 Å². The van der Waals surface area contributed by atoms with Crippen molar-refractivity contribution in [3.63, 3.8) is 0 Å². The highest BCUT2D eigenvalue weighted by Gasteiger charge is 2.53. The summed E-state index contributed by atoms with van der Waals surface area (Å²) in [5, 5.41) is 9.04. The molecule has 0 radical (unpaired) electrons. The van der Waals surface area contributed by atoms with Crippen LogP contribution in [0.3, 0.4) is 0 Å². The van der Waals surface area contributed by atoms with E-state index in [2.05, 4.69) is 0 Å². The number of fused-ring (bicyclic) bond motifs is 1. The quantitative estimate of drug-likeness (QED) is 0.593. The standard InChI is InChI=1S/C21H23F3N4O4/c1-32-19-16-13(18(29)8(20(30)31)5-28(16)12-4-10(12)22)15(25)14(24)17(19)27-6-9(11(23)7-27)21(26)2-3-21/h5,9-12H,2-4,6-7,25-26H2,1H3,(H,30,31). The summed E-state index contributed by atoms with van der Waals surface area (Å²) < 4.78 is 51.1. The van der Waals surface area contributed by atoms with E-state index >= 15 is 4.39 Å². The molecule has 3 aliphatic rings. The van der Waals surface area contributed by atoms with Gasteiger partial charge in [-0.15, -0.1) is 0 Å². The second-order valence-corrected chi connectivity index (χ2v) is 9.00. The Hall–Kier alpha value is -2.95. The summed E-state index contributed by atoms with van der Waals surface area (Å²) in [4.78, 5) is 25.9. The first-order valence-electron chi connectivity index (χ1n) is 10.4. The third-order valence-electron chi connectivity index (χ3n) is 6.98. The first-order valence-corrected chi connectivity index (χ1v) is 10.4.